The highest BCUT2D eigenvalue weighted by Gasteiger charge is 2.00. The van der Waals surface area contributed by atoms with E-state index in [0.29, 0.717) is 0 Å². The van der Waals surface area contributed by atoms with Crippen LogP contribution in [0.5, 0.6) is 0 Å². The topological polar surface area (TPSA) is 12.9 Å². The molecule has 1 aromatic heterocycles. The number of hydrogen-bond donors (Lipinski definition) is 0. The van der Waals surface area contributed by atoms with Crippen LogP contribution in [-0.2, 0) is 0 Å². The van der Waals surface area contributed by atoms with Gasteiger partial charge in [0.1, 0.15) is 0 Å². The van der Waals surface area contributed by atoms with Crippen LogP contribution in [0.1, 0.15) is 5.56 Å². The summed E-state index contributed by atoms with van der Waals surface area (Å²) in [6, 6.07) is 8.21. The summed E-state index contributed by atoms with van der Waals surface area (Å²) < 4.78 is 1.30. The second kappa shape index (κ2) is 3.01. The summed E-state index contributed by atoms with van der Waals surface area (Å²) in [7, 11) is 0. The van der Waals surface area contributed by atoms with Gasteiger partial charge in [-0.2, -0.15) is 0 Å². The van der Waals surface area contributed by atoms with Crippen LogP contribution in [0.3, 0.4) is 0 Å². The molecule has 0 amide bonds. The first-order valence-electron chi connectivity index (χ1n) is 3.79. The second-order valence-corrected chi connectivity index (χ2v) is 3.85. The molecule has 0 spiro atoms. The third kappa shape index (κ3) is 1.20. The van der Waals surface area contributed by atoms with Crippen LogP contribution in [0, 0.1) is 10.5 Å². The van der Waals surface area contributed by atoms with Gasteiger partial charge in [-0.25, -0.2) is 0 Å². The van der Waals surface area contributed by atoms with Crippen molar-refractivity contribution in [3.63, 3.8) is 0 Å². The van der Waals surface area contributed by atoms with E-state index in [2.05, 4.69) is 40.6 Å². The molecule has 0 aliphatic rings. The molecule has 0 aliphatic heterocycles. The molecule has 1 nitrogen and oxygen atoms in total. The maximum atomic E-state index is 4.34. The van der Waals surface area contributed by atoms with Gasteiger partial charge in [-0.15, -0.1) is 0 Å². The summed E-state index contributed by atoms with van der Waals surface area (Å²) in [5.74, 6) is 0. The van der Waals surface area contributed by atoms with Gasteiger partial charge >= 0.3 is 0 Å². The molecule has 60 valence electrons. The molecule has 0 aliphatic carbocycles. The van der Waals surface area contributed by atoms with Gasteiger partial charge in [-0.3, -0.25) is 4.98 Å². The zero-order valence-corrected chi connectivity index (χ0v) is 8.87. The highest BCUT2D eigenvalue weighted by molar-refractivity contribution is 14.1. The van der Waals surface area contributed by atoms with Gasteiger partial charge in [-0.1, -0.05) is 18.2 Å². The third-order valence-corrected chi connectivity index (χ3v) is 3.32. The van der Waals surface area contributed by atoms with Gasteiger partial charge in [0.05, 0.1) is 5.52 Å². The molecule has 0 atom stereocenters. The van der Waals surface area contributed by atoms with Gasteiger partial charge in [0.15, 0.2) is 0 Å². The summed E-state index contributed by atoms with van der Waals surface area (Å²) in [5.41, 5.74) is 2.32. The lowest BCUT2D eigenvalue weighted by molar-refractivity contribution is 1.31. The Morgan fingerprint density at radius 2 is 2.00 bits per heavy atom. The molecule has 12 heavy (non-hydrogen) atoms. The van der Waals surface area contributed by atoms with Crippen LogP contribution in [0.15, 0.2) is 30.5 Å². The number of nitrogens with zero attached hydrogens (tertiary/aromatic N) is 1. The van der Waals surface area contributed by atoms with Crippen LogP contribution in [-0.4, -0.2) is 4.98 Å². The quantitative estimate of drug-likeness (QED) is 0.669. The Balaban J connectivity index is 2.91. The molecule has 0 bridgehead atoms. The van der Waals surface area contributed by atoms with Crippen molar-refractivity contribution in [3.8, 4) is 0 Å². The summed E-state index contributed by atoms with van der Waals surface area (Å²) in [4.78, 5) is 4.34. The second-order valence-electron chi connectivity index (χ2n) is 2.77. The molecule has 0 radical (unpaired) electrons. The van der Waals surface area contributed by atoms with Crippen LogP contribution in [0.2, 0.25) is 0 Å². The van der Waals surface area contributed by atoms with Crippen molar-refractivity contribution >= 4 is 33.5 Å². The van der Waals surface area contributed by atoms with Crippen LogP contribution < -0.4 is 0 Å². The van der Waals surface area contributed by atoms with Gasteiger partial charge in [0.25, 0.3) is 0 Å². The Morgan fingerprint density at radius 3 is 2.83 bits per heavy atom. The monoisotopic (exact) mass is 269 g/mol. The van der Waals surface area contributed by atoms with E-state index >= 15 is 0 Å². The van der Waals surface area contributed by atoms with Gasteiger partial charge < -0.3 is 0 Å². The number of aryl methyl sites for hydroxylation is 1. The summed E-state index contributed by atoms with van der Waals surface area (Å²) in [5, 5.41) is 1.25. The highest BCUT2D eigenvalue weighted by Crippen LogP contribution is 2.20. The van der Waals surface area contributed by atoms with Crippen molar-refractivity contribution in [3.05, 3.63) is 39.6 Å². The van der Waals surface area contributed by atoms with Crippen molar-refractivity contribution in [1.82, 2.24) is 4.98 Å². The van der Waals surface area contributed by atoms with Crippen molar-refractivity contribution in [2.45, 2.75) is 6.92 Å². The zero-order chi connectivity index (χ0) is 8.55. The Kier molecular flexibility index (Phi) is 2.00. The molecule has 0 saturated heterocycles. The van der Waals surface area contributed by atoms with Crippen LogP contribution >= 0.6 is 22.6 Å². The van der Waals surface area contributed by atoms with E-state index in [9.17, 15) is 0 Å². The summed E-state index contributed by atoms with van der Waals surface area (Å²) in [6.45, 7) is 2.08. The minimum Gasteiger partial charge on any atom is -0.256 e. The summed E-state index contributed by atoms with van der Waals surface area (Å²) in [6.07, 6.45) is 1.92. The normalized spacial score (nSPS) is 10.5. The number of pyridine rings is 1. The zero-order valence-electron chi connectivity index (χ0n) is 6.71. The first-order valence-corrected chi connectivity index (χ1v) is 4.87. The molecule has 2 heteroatoms. The predicted octanol–water partition coefficient (Wildman–Crippen LogP) is 3.15. The number of hydrogen-bond acceptors (Lipinski definition) is 1. The van der Waals surface area contributed by atoms with E-state index in [1.165, 1.54) is 14.5 Å². The minimum atomic E-state index is 1.08. The predicted molar refractivity (Wildman–Crippen MR) is 59.2 cm³/mol. The Hall–Kier alpha value is -0.640. The standard InChI is InChI=1S/C10H8IN/c1-7-6-12-9-5-3-2-4-8(9)10(7)11/h2-6H,1H3. The van der Waals surface area contributed by atoms with Gasteiger partial charge in [0.2, 0.25) is 0 Å². The fourth-order valence-corrected chi connectivity index (χ4v) is 1.80. The Morgan fingerprint density at radius 1 is 1.25 bits per heavy atom. The number of benzene rings is 1. The van der Waals surface area contributed by atoms with E-state index in [1.807, 2.05) is 24.4 Å². The van der Waals surface area contributed by atoms with Gasteiger partial charge in [0, 0.05) is 15.2 Å². The minimum absolute atomic E-state index is 1.08. The number of halogens is 1. The van der Waals surface area contributed by atoms with Crippen LogP contribution in [0.4, 0.5) is 0 Å². The average Bonchev–Trinajstić information content (AvgIpc) is 2.12. The van der Waals surface area contributed by atoms with Gasteiger partial charge in [-0.05, 0) is 41.1 Å². The molecule has 0 N–H and O–H groups in total. The molecule has 0 unspecified atom stereocenters. The smallest absolute Gasteiger partial charge is 0.0712 e. The van der Waals surface area contributed by atoms with Crippen molar-refractivity contribution in [2.75, 3.05) is 0 Å². The lowest BCUT2D eigenvalue weighted by Crippen LogP contribution is -1.85. The molecular weight excluding hydrogens is 261 g/mol. The number of aromatic nitrogens is 1. The summed E-state index contributed by atoms with van der Waals surface area (Å²) >= 11 is 2.36. The SMILES string of the molecule is Cc1cnc2ccccc2c1I. The largest absolute Gasteiger partial charge is 0.256 e. The van der Waals surface area contributed by atoms with Crippen molar-refractivity contribution in [2.24, 2.45) is 0 Å². The first-order chi connectivity index (χ1) is 5.79. The molecule has 1 heterocycles. The van der Waals surface area contributed by atoms with E-state index in [1.54, 1.807) is 0 Å². The maximum Gasteiger partial charge on any atom is 0.0712 e. The van der Waals surface area contributed by atoms with Crippen molar-refractivity contribution < 1.29 is 0 Å². The fourth-order valence-electron chi connectivity index (χ4n) is 1.21. The van der Waals surface area contributed by atoms with E-state index in [0.717, 1.165) is 5.52 Å². The van der Waals surface area contributed by atoms with Crippen molar-refractivity contribution in [1.29, 1.82) is 0 Å². The van der Waals surface area contributed by atoms with E-state index < -0.39 is 0 Å². The third-order valence-electron chi connectivity index (χ3n) is 1.88. The highest BCUT2D eigenvalue weighted by atomic mass is 127. The molecular formula is C10H8IN. The average molecular weight is 269 g/mol. The number of rotatable bonds is 0. The van der Waals surface area contributed by atoms with Crippen LogP contribution in [0.25, 0.3) is 10.9 Å². The lowest BCUT2D eigenvalue weighted by Gasteiger charge is -2.01. The van der Waals surface area contributed by atoms with E-state index in [4.69, 9.17) is 0 Å². The molecule has 2 aromatic rings. The van der Waals surface area contributed by atoms with E-state index in [-0.39, 0.29) is 0 Å². The fraction of sp³-hybridized carbons (Fsp3) is 0.100. The molecule has 0 saturated carbocycles. The molecule has 2 rings (SSSR count). The molecule has 1 aromatic carbocycles. The number of fused-ring (bicyclic) bond motifs is 1. The Labute approximate surface area is 85.0 Å². The first kappa shape index (κ1) is 7.98. The molecule has 0 fully saturated rings. The maximum absolute atomic E-state index is 4.34. The number of para-hydroxylation sites is 1. The lowest BCUT2D eigenvalue weighted by atomic mass is 10.2. The Bertz CT molecular complexity index is 423.